The lowest BCUT2D eigenvalue weighted by Gasteiger charge is -2.21. The van der Waals surface area contributed by atoms with Crippen LogP contribution in [-0.2, 0) is 16.3 Å². The molecule has 1 heterocycles. The maximum Gasteiger partial charge on any atom is 0.256 e. The van der Waals surface area contributed by atoms with E-state index in [2.05, 4.69) is 18.8 Å². The lowest BCUT2D eigenvalue weighted by atomic mass is 10.0. The quantitative estimate of drug-likeness (QED) is 0.523. The van der Waals surface area contributed by atoms with Crippen molar-refractivity contribution in [3.63, 3.8) is 0 Å². The van der Waals surface area contributed by atoms with Crippen LogP contribution in [0.25, 0.3) is 10.9 Å². The minimum Gasteiger partial charge on any atom is -0.339 e. The number of hydrogen-bond acceptors (Lipinski definition) is 4. The molecule has 0 aliphatic rings. The third-order valence-electron chi connectivity index (χ3n) is 5.21. The largest absolute Gasteiger partial charge is 0.339 e. The Morgan fingerprint density at radius 2 is 1.71 bits per heavy atom. The lowest BCUT2D eigenvalue weighted by Crippen LogP contribution is -2.31. The molecule has 0 unspecified atom stereocenters. The van der Waals surface area contributed by atoms with Crippen molar-refractivity contribution < 1.29 is 17.6 Å². The Labute approximate surface area is 182 Å². The van der Waals surface area contributed by atoms with Gasteiger partial charge in [-0.2, -0.15) is 0 Å². The molecule has 5 nitrogen and oxygen atoms in total. The second kappa shape index (κ2) is 9.14. The average Bonchev–Trinajstić information content (AvgIpc) is 2.73. The number of fused-ring (bicyclic) bond motifs is 1. The van der Waals surface area contributed by atoms with Crippen molar-refractivity contribution in [3.05, 3.63) is 65.6 Å². The van der Waals surface area contributed by atoms with E-state index in [0.29, 0.717) is 24.5 Å². The summed E-state index contributed by atoms with van der Waals surface area (Å²) in [4.78, 5) is 18.7. The van der Waals surface area contributed by atoms with Gasteiger partial charge in [0, 0.05) is 24.7 Å². The summed E-state index contributed by atoms with van der Waals surface area (Å²) in [6.07, 6.45) is 2.11. The van der Waals surface area contributed by atoms with Gasteiger partial charge in [-0.3, -0.25) is 9.78 Å². The van der Waals surface area contributed by atoms with Crippen LogP contribution in [-0.4, -0.2) is 37.3 Å². The molecule has 0 saturated heterocycles. The Balaban J connectivity index is 2.26. The number of halogens is 1. The number of carbonyl (C=O) groups excluding carboxylic acids is 1. The highest BCUT2D eigenvalue weighted by Gasteiger charge is 2.29. The molecular weight excluding hydrogens is 415 g/mol. The summed E-state index contributed by atoms with van der Waals surface area (Å²) in [5.74, 6) is -0.600. The first kappa shape index (κ1) is 22.9. The normalized spacial score (nSPS) is 11.8. The summed E-state index contributed by atoms with van der Waals surface area (Å²) < 4.78 is 41.5. The van der Waals surface area contributed by atoms with Gasteiger partial charge in [0.15, 0.2) is 0 Å². The Morgan fingerprint density at radius 3 is 2.29 bits per heavy atom. The van der Waals surface area contributed by atoms with Crippen LogP contribution in [0.5, 0.6) is 0 Å². The molecule has 0 aliphatic heterocycles. The van der Waals surface area contributed by atoms with Gasteiger partial charge < -0.3 is 4.90 Å². The molecule has 1 aromatic heterocycles. The number of carbonyl (C=O) groups is 1. The molecule has 2 aromatic carbocycles. The fraction of sp³-hybridized carbons (Fsp3) is 0.333. The van der Waals surface area contributed by atoms with Crippen LogP contribution in [0.3, 0.4) is 0 Å². The van der Waals surface area contributed by atoms with E-state index < -0.39 is 21.6 Å². The summed E-state index contributed by atoms with van der Waals surface area (Å²) in [5, 5.41) is 0.101. The van der Waals surface area contributed by atoms with Crippen molar-refractivity contribution in [2.75, 3.05) is 13.1 Å². The highest BCUT2D eigenvalue weighted by atomic mass is 32.2. The van der Waals surface area contributed by atoms with Gasteiger partial charge in [-0.25, -0.2) is 12.8 Å². The number of nitrogens with zero attached hydrogens (tertiary/aromatic N) is 2. The van der Waals surface area contributed by atoms with E-state index in [1.807, 2.05) is 13.8 Å². The van der Waals surface area contributed by atoms with Crippen molar-refractivity contribution in [1.29, 1.82) is 0 Å². The third-order valence-corrected chi connectivity index (χ3v) is 7.08. The third kappa shape index (κ3) is 4.61. The number of pyridine rings is 1. The van der Waals surface area contributed by atoms with E-state index in [1.165, 1.54) is 23.2 Å². The second-order valence-corrected chi connectivity index (χ2v) is 9.77. The van der Waals surface area contributed by atoms with Crippen molar-refractivity contribution in [1.82, 2.24) is 9.88 Å². The SMILES string of the molecule is CCN(CC)C(=O)c1cnc2ccc(F)cc2c1S(=O)(=O)c1ccc(CC(C)C)cc1. The topological polar surface area (TPSA) is 67.3 Å². The first-order valence-corrected chi connectivity index (χ1v) is 11.9. The summed E-state index contributed by atoms with van der Waals surface area (Å²) >= 11 is 0. The van der Waals surface area contributed by atoms with E-state index in [1.54, 1.807) is 24.3 Å². The van der Waals surface area contributed by atoms with Gasteiger partial charge in [-0.15, -0.1) is 0 Å². The van der Waals surface area contributed by atoms with Gasteiger partial charge in [-0.1, -0.05) is 26.0 Å². The summed E-state index contributed by atoms with van der Waals surface area (Å²) in [5.41, 5.74) is 1.29. The molecule has 0 atom stereocenters. The molecule has 1 amide bonds. The van der Waals surface area contributed by atoms with Gasteiger partial charge in [0.05, 0.1) is 20.9 Å². The summed E-state index contributed by atoms with van der Waals surface area (Å²) in [6, 6.07) is 10.4. The Morgan fingerprint density at radius 1 is 1.06 bits per heavy atom. The molecule has 164 valence electrons. The zero-order valence-corrected chi connectivity index (χ0v) is 19.0. The fourth-order valence-corrected chi connectivity index (χ4v) is 5.27. The van der Waals surface area contributed by atoms with Gasteiger partial charge in [0.1, 0.15) is 5.82 Å². The van der Waals surface area contributed by atoms with Crippen LogP contribution in [0.2, 0.25) is 0 Å². The van der Waals surface area contributed by atoms with Gasteiger partial charge in [0.2, 0.25) is 9.84 Å². The monoisotopic (exact) mass is 442 g/mol. The molecule has 0 saturated carbocycles. The van der Waals surface area contributed by atoms with Crippen molar-refractivity contribution >= 4 is 26.6 Å². The van der Waals surface area contributed by atoms with Crippen LogP contribution in [0.1, 0.15) is 43.6 Å². The highest BCUT2D eigenvalue weighted by Crippen LogP contribution is 2.32. The predicted octanol–water partition coefficient (Wildman–Crippen LogP) is 4.89. The highest BCUT2D eigenvalue weighted by molar-refractivity contribution is 7.91. The lowest BCUT2D eigenvalue weighted by molar-refractivity contribution is 0.0769. The number of hydrogen-bond donors (Lipinski definition) is 0. The van der Waals surface area contributed by atoms with Crippen molar-refractivity contribution in [2.24, 2.45) is 5.92 Å². The first-order valence-electron chi connectivity index (χ1n) is 10.4. The summed E-state index contributed by atoms with van der Waals surface area (Å²) in [7, 11) is -4.11. The Bertz CT molecular complexity index is 1200. The van der Waals surface area contributed by atoms with E-state index in [-0.39, 0.29) is 20.7 Å². The van der Waals surface area contributed by atoms with E-state index in [4.69, 9.17) is 0 Å². The Kier molecular flexibility index (Phi) is 6.74. The molecule has 0 radical (unpaired) electrons. The minimum atomic E-state index is -4.11. The molecule has 31 heavy (non-hydrogen) atoms. The molecule has 7 heteroatoms. The Hall–Kier alpha value is -2.80. The molecule has 0 aliphatic carbocycles. The van der Waals surface area contributed by atoms with Gasteiger partial charge >= 0.3 is 0 Å². The van der Waals surface area contributed by atoms with Crippen LogP contribution >= 0.6 is 0 Å². The minimum absolute atomic E-state index is 0.0481. The number of aromatic nitrogens is 1. The van der Waals surface area contributed by atoms with E-state index in [9.17, 15) is 17.6 Å². The number of benzene rings is 2. The molecule has 0 N–H and O–H groups in total. The summed E-state index contributed by atoms with van der Waals surface area (Å²) in [6.45, 7) is 8.65. The van der Waals surface area contributed by atoms with Gasteiger partial charge in [0.25, 0.3) is 5.91 Å². The van der Waals surface area contributed by atoms with E-state index in [0.717, 1.165) is 18.1 Å². The number of sulfone groups is 1. The fourth-order valence-electron chi connectivity index (χ4n) is 3.66. The molecule has 0 fully saturated rings. The molecular formula is C24H27FN2O3S. The first-order chi connectivity index (χ1) is 14.7. The predicted molar refractivity (Wildman–Crippen MR) is 119 cm³/mol. The van der Waals surface area contributed by atoms with E-state index >= 15 is 0 Å². The van der Waals surface area contributed by atoms with Crippen molar-refractivity contribution in [2.45, 2.75) is 43.9 Å². The number of amides is 1. The second-order valence-electron chi connectivity index (χ2n) is 7.89. The molecule has 0 bridgehead atoms. The van der Waals surface area contributed by atoms with Crippen molar-refractivity contribution in [3.8, 4) is 0 Å². The van der Waals surface area contributed by atoms with Crippen LogP contribution in [0, 0.1) is 11.7 Å². The van der Waals surface area contributed by atoms with Crippen LogP contribution < -0.4 is 0 Å². The smallest absolute Gasteiger partial charge is 0.256 e. The number of rotatable bonds is 7. The maximum absolute atomic E-state index is 14.1. The molecule has 0 spiro atoms. The maximum atomic E-state index is 14.1. The van der Waals surface area contributed by atoms with Crippen LogP contribution in [0.15, 0.2) is 58.5 Å². The molecule has 3 aromatic rings. The standard InChI is InChI=1S/C24H27FN2O3S/c1-5-27(6-2)24(28)21-15-26-22-12-9-18(25)14-20(22)23(21)31(29,30)19-10-7-17(8-11-19)13-16(3)4/h7-12,14-16H,5-6,13H2,1-4H3. The zero-order valence-electron chi connectivity index (χ0n) is 18.2. The van der Waals surface area contributed by atoms with Gasteiger partial charge in [-0.05, 0) is 62.1 Å². The van der Waals surface area contributed by atoms with Crippen LogP contribution in [0.4, 0.5) is 4.39 Å². The average molecular weight is 443 g/mol. The molecule has 3 rings (SSSR count). The zero-order chi connectivity index (χ0) is 22.8.